The minimum atomic E-state index is -0.903. The van der Waals surface area contributed by atoms with Gasteiger partial charge in [-0.1, -0.05) is 0 Å². The molecule has 2 rings (SSSR count). The van der Waals surface area contributed by atoms with Gasteiger partial charge in [0.25, 0.3) is 0 Å². The van der Waals surface area contributed by atoms with Gasteiger partial charge in [-0.15, -0.1) is 0 Å². The molecule has 82 valence electrons. The molecular weight excluding hydrogens is 205 g/mol. The summed E-state index contributed by atoms with van der Waals surface area (Å²) < 4.78 is 39.0. The lowest BCUT2D eigenvalue weighted by Crippen LogP contribution is -2.23. The Morgan fingerprint density at radius 2 is 1.87 bits per heavy atom. The highest BCUT2D eigenvalue weighted by molar-refractivity contribution is 5.47. The van der Waals surface area contributed by atoms with Gasteiger partial charge in [-0.3, -0.25) is 0 Å². The Bertz CT molecular complexity index is 339. The summed E-state index contributed by atoms with van der Waals surface area (Å²) in [7, 11) is 0. The minimum Gasteiger partial charge on any atom is -0.376 e. The van der Waals surface area contributed by atoms with Gasteiger partial charge in [0.1, 0.15) is 11.5 Å². The summed E-state index contributed by atoms with van der Waals surface area (Å²) >= 11 is 0. The van der Waals surface area contributed by atoms with Crippen LogP contribution in [0.4, 0.5) is 18.9 Å². The van der Waals surface area contributed by atoms with Crippen LogP contribution in [0.2, 0.25) is 0 Å². The predicted octanol–water partition coefficient (Wildman–Crippen LogP) is 1.88. The molecule has 15 heavy (non-hydrogen) atoms. The number of rotatable bonds is 2. The molecule has 1 saturated heterocycles. The van der Waals surface area contributed by atoms with E-state index in [0.29, 0.717) is 18.7 Å². The van der Waals surface area contributed by atoms with Crippen LogP contribution in [-0.4, -0.2) is 19.1 Å². The van der Waals surface area contributed by atoms with E-state index in [4.69, 9.17) is 0 Å². The first-order valence-corrected chi connectivity index (χ1v) is 4.78. The maximum atomic E-state index is 13.2. The summed E-state index contributed by atoms with van der Waals surface area (Å²) in [6.45, 7) is 1.48. The van der Waals surface area contributed by atoms with Crippen molar-refractivity contribution < 1.29 is 13.2 Å². The van der Waals surface area contributed by atoms with Crippen LogP contribution in [0.15, 0.2) is 12.1 Å². The van der Waals surface area contributed by atoms with Gasteiger partial charge in [-0.2, -0.15) is 0 Å². The number of hydrogen-bond donors (Lipinski definition) is 2. The molecule has 0 aliphatic carbocycles. The quantitative estimate of drug-likeness (QED) is 0.788. The Hall–Kier alpha value is -1.23. The van der Waals surface area contributed by atoms with Crippen LogP contribution in [0.1, 0.15) is 6.42 Å². The summed E-state index contributed by atoms with van der Waals surface area (Å²) in [4.78, 5) is 0. The molecule has 0 spiro atoms. The summed E-state index contributed by atoms with van der Waals surface area (Å²) in [5.41, 5.74) is -0.245. The highest BCUT2D eigenvalue weighted by Gasteiger charge is 2.18. The van der Waals surface area contributed by atoms with Gasteiger partial charge in [0.15, 0.2) is 11.6 Å². The first-order chi connectivity index (χ1) is 7.16. The summed E-state index contributed by atoms with van der Waals surface area (Å²) in [5, 5.41) is 5.79. The number of anilines is 1. The molecule has 0 radical (unpaired) electrons. The molecule has 1 unspecified atom stereocenters. The first kappa shape index (κ1) is 10.3. The van der Waals surface area contributed by atoms with Crippen LogP contribution >= 0.6 is 0 Å². The molecule has 2 N–H and O–H groups in total. The fourth-order valence-corrected chi connectivity index (χ4v) is 1.66. The van der Waals surface area contributed by atoms with E-state index in [1.54, 1.807) is 0 Å². The van der Waals surface area contributed by atoms with E-state index in [1.807, 2.05) is 0 Å². The van der Waals surface area contributed by atoms with Gasteiger partial charge in [-0.25, -0.2) is 13.2 Å². The van der Waals surface area contributed by atoms with Crippen molar-refractivity contribution in [1.29, 1.82) is 0 Å². The van der Waals surface area contributed by atoms with E-state index in [9.17, 15) is 13.2 Å². The lowest BCUT2D eigenvalue weighted by Gasteiger charge is -2.14. The van der Waals surface area contributed by atoms with Crippen molar-refractivity contribution in [3.05, 3.63) is 29.6 Å². The zero-order valence-corrected chi connectivity index (χ0v) is 7.99. The second kappa shape index (κ2) is 4.10. The fraction of sp³-hybridized carbons (Fsp3) is 0.400. The lowest BCUT2D eigenvalue weighted by molar-refractivity contribution is 0.544. The van der Waals surface area contributed by atoms with Crippen LogP contribution in [0, 0.1) is 17.5 Å². The average Bonchev–Trinajstić information content (AvgIpc) is 2.63. The minimum absolute atomic E-state index is 0.000499. The van der Waals surface area contributed by atoms with Crippen molar-refractivity contribution in [3.63, 3.8) is 0 Å². The Morgan fingerprint density at radius 1 is 1.20 bits per heavy atom. The Balaban J connectivity index is 2.19. The number of benzene rings is 1. The normalized spacial score (nSPS) is 20.6. The number of nitrogens with one attached hydrogen (secondary N) is 2. The maximum Gasteiger partial charge on any atom is 0.152 e. The molecular formula is C10H11F3N2. The van der Waals surface area contributed by atoms with Crippen LogP contribution in [0.5, 0.6) is 0 Å². The molecule has 0 saturated carbocycles. The Morgan fingerprint density at radius 3 is 2.40 bits per heavy atom. The van der Waals surface area contributed by atoms with Gasteiger partial charge < -0.3 is 10.6 Å². The zero-order valence-electron chi connectivity index (χ0n) is 7.99. The van der Waals surface area contributed by atoms with E-state index in [0.717, 1.165) is 13.0 Å². The molecule has 2 nitrogen and oxygen atoms in total. The Kier molecular flexibility index (Phi) is 2.81. The van der Waals surface area contributed by atoms with Gasteiger partial charge >= 0.3 is 0 Å². The third-order valence-electron chi connectivity index (χ3n) is 2.42. The van der Waals surface area contributed by atoms with E-state index >= 15 is 0 Å². The second-order valence-corrected chi connectivity index (χ2v) is 3.58. The topological polar surface area (TPSA) is 24.1 Å². The van der Waals surface area contributed by atoms with E-state index in [2.05, 4.69) is 10.6 Å². The molecule has 1 aliphatic rings. The van der Waals surface area contributed by atoms with Gasteiger partial charge in [0.2, 0.25) is 0 Å². The van der Waals surface area contributed by atoms with Crippen molar-refractivity contribution >= 4 is 5.69 Å². The predicted molar refractivity (Wildman–Crippen MR) is 51.2 cm³/mol. The van der Waals surface area contributed by atoms with Gasteiger partial charge in [0, 0.05) is 24.7 Å². The van der Waals surface area contributed by atoms with E-state index in [1.165, 1.54) is 0 Å². The van der Waals surface area contributed by atoms with E-state index in [-0.39, 0.29) is 11.7 Å². The van der Waals surface area contributed by atoms with Crippen molar-refractivity contribution in [2.24, 2.45) is 0 Å². The molecule has 1 aliphatic heterocycles. The first-order valence-electron chi connectivity index (χ1n) is 4.78. The Labute approximate surface area is 85.5 Å². The van der Waals surface area contributed by atoms with Crippen LogP contribution in [-0.2, 0) is 0 Å². The van der Waals surface area contributed by atoms with Crippen molar-refractivity contribution in [2.75, 3.05) is 18.4 Å². The van der Waals surface area contributed by atoms with Gasteiger partial charge in [-0.05, 0) is 13.0 Å². The largest absolute Gasteiger partial charge is 0.376 e. The molecule has 1 aromatic carbocycles. The molecule has 5 heteroatoms. The monoisotopic (exact) mass is 216 g/mol. The third-order valence-corrected chi connectivity index (χ3v) is 2.42. The van der Waals surface area contributed by atoms with Crippen molar-refractivity contribution in [3.8, 4) is 0 Å². The van der Waals surface area contributed by atoms with Crippen LogP contribution in [0.3, 0.4) is 0 Å². The van der Waals surface area contributed by atoms with Gasteiger partial charge in [0.05, 0.1) is 0 Å². The van der Waals surface area contributed by atoms with E-state index < -0.39 is 17.5 Å². The SMILES string of the molecule is Fc1cc(F)c(NC2CCNC2)c(F)c1. The van der Waals surface area contributed by atoms with Crippen LogP contribution in [0.25, 0.3) is 0 Å². The second-order valence-electron chi connectivity index (χ2n) is 3.58. The highest BCUT2D eigenvalue weighted by Crippen LogP contribution is 2.21. The smallest absolute Gasteiger partial charge is 0.152 e. The fourth-order valence-electron chi connectivity index (χ4n) is 1.66. The summed E-state index contributed by atoms with van der Waals surface area (Å²) in [5.74, 6) is -2.68. The molecule has 1 fully saturated rings. The molecule has 1 aromatic rings. The summed E-state index contributed by atoms with van der Waals surface area (Å²) in [6.07, 6.45) is 0.802. The van der Waals surface area contributed by atoms with Crippen molar-refractivity contribution in [2.45, 2.75) is 12.5 Å². The number of halogens is 3. The standard InChI is InChI=1S/C10H11F3N2/c11-6-3-8(12)10(9(13)4-6)15-7-1-2-14-5-7/h3-4,7,14-15H,1-2,5H2. The molecule has 0 amide bonds. The maximum absolute atomic E-state index is 13.2. The highest BCUT2D eigenvalue weighted by atomic mass is 19.1. The molecule has 1 atom stereocenters. The third kappa shape index (κ3) is 2.23. The lowest BCUT2D eigenvalue weighted by atomic mass is 10.2. The van der Waals surface area contributed by atoms with Crippen LogP contribution < -0.4 is 10.6 Å². The molecule has 1 heterocycles. The zero-order chi connectivity index (χ0) is 10.8. The average molecular weight is 216 g/mol. The number of hydrogen-bond acceptors (Lipinski definition) is 2. The summed E-state index contributed by atoms with van der Waals surface area (Å²) in [6, 6.07) is 1.35. The molecule has 0 bridgehead atoms. The molecule has 0 aromatic heterocycles. The van der Waals surface area contributed by atoms with Crippen molar-refractivity contribution in [1.82, 2.24) is 5.32 Å².